The number of hydrogen-bond acceptors (Lipinski definition) is 5. The van der Waals surface area contributed by atoms with E-state index in [4.69, 9.17) is 9.84 Å². The van der Waals surface area contributed by atoms with Crippen LogP contribution in [0, 0.1) is 0 Å². The van der Waals surface area contributed by atoms with Gasteiger partial charge in [0.15, 0.2) is 0 Å². The minimum atomic E-state index is -0.978. The van der Waals surface area contributed by atoms with E-state index in [9.17, 15) is 14.4 Å². The van der Waals surface area contributed by atoms with Crippen molar-refractivity contribution in [1.82, 2.24) is 10.2 Å². The van der Waals surface area contributed by atoms with Crippen LogP contribution in [0.4, 0.5) is 0 Å². The average Bonchev–Trinajstić information content (AvgIpc) is 2.95. The van der Waals surface area contributed by atoms with Gasteiger partial charge in [0.1, 0.15) is 12.1 Å². The molecule has 0 radical (unpaired) electrons. The molecule has 1 saturated heterocycles. The molecule has 0 aliphatic carbocycles. The smallest absolute Gasteiger partial charge is 0.326 e. The number of carboxylic acids is 1. The molecule has 22 heavy (non-hydrogen) atoms. The first-order valence-corrected chi connectivity index (χ1v) is 7.88. The quantitative estimate of drug-likeness (QED) is 0.643. The summed E-state index contributed by atoms with van der Waals surface area (Å²) in [5, 5.41) is 12.1. The van der Waals surface area contributed by atoms with Crippen molar-refractivity contribution in [3.63, 3.8) is 0 Å². The van der Waals surface area contributed by atoms with E-state index in [1.165, 1.54) is 4.90 Å². The molecule has 126 valence electrons. The van der Waals surface area contributed by atoms with E-state index in [1.807, 2.05) is 6.92 Å². The second-order valence-electron chi connectivity index (χ2n) is 5.51. The Balaban J connectivity index is 2.68. The van der Waals surface area contributed by atoms with Crippen molar-refractivity contribution in [2.24, 2.45) is 0 Å². The standard InChI is InChI=1S/C15H26N2O5/c1-4-7-11(15(21)22-5-2)16-10(3)13(18)17-9-6-8-12(17)14(19)20/h10-12,16H,4-9H2,1-3H3,(H,19,20)/t10-,11-,12-/m0/s1. The molecule has 7 nitrogen and oxygen atoms in total. The number of carboxylic acid groups (broad SMARTS) is 1. The van der Waals surface area contributed by atoms with Gasteiger partial charge in [0.05, 0.1) is 12.6 Å². The van der Waals surface area contributed by atoms with Gasteiger partial charge in [-0.3, -0.25) is 14.9 Å². The summed E-state index contributed by atoms with van der Waals surface area (Å²) < 4.78 is 5.00. The van der Waals surface area contributed by atoms with Crippen LogP contribution in [0.3, 0.4) is 0 Å². The normalized spacial score (nSPS) is 20.5. The van der Waals surface area contributed by atoms with Crippen LogP contribution in [0.25, 0.3) is 0 Å². The molecule has 3 atom stereocenters. The molecule has 1 rings (SSSR count). The molecule has 1 heterocycles. The van der Waals surface area contributed by atoms with Crippen LogP contribution in [0.15, 0.2) is 0 Å². The molecule has 7 heteroatoms. The average molecular weight is 314 g/mol. The summed E-state index contributed by atoms with van der Waals surface area (Å²) in [6.45, 7) is 6.07. The number of carbonyl (C=O) groups excluding carboxylic acids is 2. The summed E-state index contributed by atoms with van der Waals surface area (Å²) in [5.41, 5.74) is 0. The highest BCUT2D eigenvalue weighted by molar-refractivity contribution is 5.88. The zero-order valence-electron chi connectivity index (χ0n) is 13.5. The van der Waals surface area contributed by atoms with Gasteiger partial charge in [0.2, 0.25) is 5.91 Å². The lowest BCUT2D eigenvalue weighted by Gasteiger charge is -2.27. The van der Waals surface area contributed by atoms with E-state index in [2.05, 4.69) is 5.32 Å². The molecule has 0 saturated carbocycles. The van der Waals surface area contributed by atoms with Gasteiger partial charge >= 0.3 is 11.9 Å². The summed E-state index contributed by atoms with van der Waals surface area (Å²) in [6, 6.07) is -1.93. The molecular weight excluding hydrogens is 288 g/mol. The summed E-state index contributed by atoms with van der Waals surface area (Å²) in [4.78, 5) is 36.9. The number of likely N-dealkylation sites (tertiary alicyclic amines) is 1. The summed E-state index contributed by atoms with van der Waals surface area (Å²) in [5.74, 6) is -1.64. The van der Waals surface area contributed by atoms with Crippen molar-refractivity contribution in [2.45, 2.75) is 64.6 Å². The molecule has 0 aromatic heterocycles. The number of aliphatic carboxylic acids is 1. The Kier molecular flexibility index (Phi) is 7.31. The van der Waals surface area contributed by atoms with Crippen LogP contribution >= 0.6 is 0 Å². The second-order valence-corrected chi connectivity index (χ2v) is 5.51. The fourth-order valence-electron chi connectivity index (χ4n) is 2.71. The van der Waals surface area contributed by atoms with Crippen molar-refractivity contribution < 1.29 is 24.2 Å². The lowest BCUT2D eigenvalue weighted by molar-refractivity contribution is -0.150. The monoisotopic (exact) mass is 314 g/mol. The van der Waals surface area contributed by atoms with Crippen molar-refractivity contribution >= 4 is 17.8 Å². The van der Waals surface area contributed by atoms with Crippen LogP contribution in [-0.4, -0.2) is 59.1 Å². The van der Waals surface area contributed by atoms with Gasteiger partial charge in [0, 0.05) is 6.54 Å². The van der Waals surface area contributed by atoms with E-state index in [1.54, 1.807) is 13.8 Å². The molecule has 1 aliphatic heterocycles. The Morgan fingerprint density at radius 2 is 2.05 bits per heavy atom. The first-order chi connectivity index (χ1) is 10.4. The van der Waals surface area contributed by atoms with Crippen LogP contribution in [0.5, 0.6) is 0 Å². The van der Waals surface area contributed by atoms with Crippen molar-refractivity contribution in [3.05, 3.63) is 0 Å². The van der Waals surface area contributed by atoms with E-state index in [-0.39, 0.29) is 18.5 Å². The number of ether oxygens (including phenoxy) is 1. The third-order valence-corrected chi connectivity index (χ3v) is 3.79. The molecular formula is C15H26N2O5. The van der Waals surface area contributed by atoms with Gasteiger partial charge < -0.3 is 14.7 Å². The van der Waals surface area contributed by atoms with Crippen LogP contribution in [-0.2, 0) is 19.1 Å². The first-order valence-electron chi connectivity index (χ1n) is 7.88. The van der Waals surface area contributed by atoms with Gasteiger partial charge in [-0.25, -0.2) is 4.79 Å². The second kappa shape index (κ2) is 8.73. The Morgan fingerprint density at radius 1 is 1.36 bits per heavy atom. The third kappa shape index (κ3) is 4.69. The van der Waals surface area contributed by atoms with Crippen molar-refractivity contribution in [2.75, 3.05) is 13.2 Å². The molecule has 1 fully saturated rings. The number of amides is 1. The summed E-state index contributed by atoms with van der Waals surface area (Å²) >= 11 is 0. The summed E-state index contributed by atoms with van der Waals surface area (Å²) in [6.07, 6.45) is 2.51. The largest absolute Gasteiger partial charge is 0.480 e. The van der Waals surface area contributed by atoms with E-state index in [0.717, 1.165) is 6.42 Å². The lowest BCUT2D eigenvalue weighted by Crippen LogP contribution is -2.53. The van der Waals surface area contributed by atoms with Crippen LogP contribution < -0.4 is 5.32 Å². The third-order valence-electron chi connectivity index (χ3n) is 3.79. The number of hydrogen-bond donors (Lipinski definition) is 2. The van der Waals surface area contributed by atoms with E-state index < -0.39 is 24.1 Å². The number of esters is 1. The maximum absolute atomic E-state index is 12.4. The maximum atomic E-state index is 12.4. The molecule has 0 aromatic rings. The van der Waals surface area contributed by atoms with Crippen molar-refractivity contribution in [1.29, 1.82) is 0 Å². The van der Waals surface area contributed by atoms with Crippen LogP contribution in [0.2, 0.25) is 0 Å². The Bertz CT molecular complexity index is 413. The molecule has 1 aliphatic rings. The topological polar surface area (TPSA) is 95.9 Å². The maximum Gasteiger partial charge on any atom is 0.326 e. The van der Waals surface area contributed by atoms with Crippen LogP contribution in [0.1, 0.15) is 46.5 Å². The highest BCUT2D eigenvalue weighted by Gasteiger charge is 2.36. The predicted molar refractivity (Wildman–Crippen MR) is 80.3 cm³/mol. The van der Waals surface area contributed by atoms with E-state index >= 15 is 0 Å². The first kappa shape index (κ1) is 18.4. The minimum Gasteiger partial charge on any atom is -0.480 e. The predicted octanol–water partition coefficient (Wildman–Crippen LogP) is 0.772. The molecule has 0 bridgehead atoms. The fraction of sp³-hybridized carbons (Fsp3) is 0.800. The van der Waals surface area contributed by atoms with Crippen molar-refractivity contribution in [3.8, 4) is 0 Å². The SMILES string of the molecule is CCC[C@H](N[C@@H](C)C(=O)N1CCC[C@H]1C(=O)O)C(=O)OCC. The zero-order valence-corrected chi connectivity index (χ0v) is 13.5. The van der Waals surface area contributed by atoms with Gasteiger partial charge in [-0.2, -0.15) is 0 Å². The Morgan fingerprint density at radius 3 is 2.59 bits per heavy atom. The highest BCUT2D eigenvalue weighted by atomic mass is 16.5. The number of nitrogens with one attached hydrogen (secondary N) is 1. The number of rotatable bonds is 8. The van der Waals surface area contributed by atoms with Gasteiger partial charge in [-0.05, 0) is 33.1 Å². The molecule has 0 aromatic carbocycles. The molecule has 2 N–H and O–H groups in total. The van der Waals surface area contributed by atoms with Gasteiger partial charge in [-0.15, -0.1) is 0 Å². The minimum absolute atomic E-state index is 0.282. The molecule has 1 amide bonds. The Hall–Kier alpha value is -1.63. The summed E-state index contributed by atoms with van der Waals surface area (Å²) in [7, 11) is 0. The number of nitrogens with zero attached hydrogens (tertiary/aromatic N) is 1. The molecule has 0 spiro atoms. The van der Waals surface area contributed by atoms with Gasteiger partial charge in [-0.1, -0.05) is 13.3 Å². The van der Waals surface area contributed by atoms with E-state index in [0.29, 0.717) is 25.8 Å². The zero-order chi connectivity index (χ0) is 16.7. The lowest BCUT2D eigenvalue weighted by atomic mass is 10.1. The fourth-order valence-corrected chi connectivity index (χ4v) is 2.71. The Labute approximate surface area is 131 Å². The molecule has 0 unspecified atom stereocenters. The number of carbonyl (C=O) groups is 3. The highest BCUT2D eigenvalue weighted by Crippen LogP contribution is 2.18. The van der Waals surface area contributed by atoms with Gasteiger partial charge in [0.25, 0.3) is 0 Å².